The van der Waals surface area contributed by atoms with Gasteiger partial charge in [-0.3, -0.25) is 4.79 Å². The molecule has 0 spiro atoms. The average Bonchev–Trinajstić information content (AvgIpc) is 2.27. The Morgan fingerprint density at radius 3 is 2.21 bits per heavy atom. The van der Waals surface area contributed by atoms with E-state index in [1.54, 1.807) is 0 Å². The highest BCUT2D eigenvalue weighted by Gasteiger charge is 2.29. The molecule has 0 aliphatic heterocycles. The maximum atomic E-state index is 10.5. The molecule has 0 radical (unpaired) electrons. The molecule has 0 saturated carbocycles. The summed E-state index contributed by atoms with van der Waals surface area (Å²) < 4.78 is 5.23. The van der Waals surface area contributed by atoms with Crippen LogP contribution in [0.5, 0.6) is 0 Å². The van der Waals surface area contributed by atoms with E-state index in [1.165, 1.54) is 0 Å². The lowest BCUT2D eigenvalue weighted by Crippen LogP contribution is -2.27. The number of carbonyl (C=O) groups excluding carboxylic acids is 1. The molecule has 0 aliphatic rings. The fourth-order valence-corrected chi connectivity index (χ4v) is 1.73. The molecule has 0 fully saturated rings. The van der Waals surface area contributed by atoms with Gasteiger partial charge in [0.1, 0.15) is 5.60 Å². The maximum absolute atomic E-state index is 10.5. The second-order valence-corrected chi connectivity index (χ2v) is 3.28. The summed E-state index contributed by atoms with van der Waals surface area (Å²) in [5.41, 5.74) is 0.625. The maximum Gasteiger partial charge on any atom is 0.293 e. The number of rotatable bonds is 5. The van der Waals surface area contributed by atoms with Gasteiger partial charge in [0.05, 0.1) is 0 Å². The second kappa shape index (κ2) is 4.80. The normalized spacial score (nSPS) is 11.0. The fraction of sp³-hybridized carbons (Fsp3) is 0.417. The molecule has 0 saturated heterocycles. The topological polar surface area (TPSA) is 26.3 Å². The van der Waals surface area contributed by atoms with Crippen LogP contribution in [0.2, 0.25) is 0 Å². The molecule has 0 amide bonds. The van der Waals surface area contributed by atoms with Gasteiger partial charge in [-0.1, -0.05) is 44.2 Å². The van der Waals surface area contributed by atoms with E-state index in [0.29, 0.717) is 6.47 Å². The van der Waals surface area contributed by atoms with Crippen LogP contribution in [0.15, 0.2) is 30.3 Å². The number of benzene rings is 1. The summed E-state index contributed by atoms with van der Waals surface area (Å²) in [5, 5.41) is 0. The standard InChI is InChI=1S/C12H16O2/c1-3-12(4-2,14-10-13)11-8-6-5-7-9-11/h5-10H,3-4H2,1-2H3. The van der Waals surface area contributed by atoms with Crippen LogP contribution >= 0.6 is 0 Å². The fourth-order valence-electron chi connectivity index (χ4n) is 1.73. The van der Waals surface area contributed by atoms with Crippen LogP contribution in [-0.2, 0) is 15.1 Å². The van der Waals surface area contributed by atoms with Crippen molar-refractivity contribution in [3.63, 3.8) is 0 Å². The number of ether oxygens (including phenoxy) is 1. The molecule has 0 aromatic heterocycles. The molecule has 0 unspecified atom stereocenters. The third-order valence-corrected chi connectivity index (χ3v) is 2.72. The first-order chi connectivity index (χ1) is 6.79. The van der Waals surface area contributed by atoms with Gasteiger partial charge in [-0.05, 0) is 18.4 Å². The predicted octanol–water partition coefficient (Wildman–Crippen LogP) is 2.87. The SMILES string of the molecule is CCC(CC)(OC=O)c1ccccc1. The van der Waals surface area contributed by atoms with Gasteiger partial charge in [-0.15, -0.1) is 0 Å². The van der Waals surface area contributed by atoms with Crippen LogP contribution in [0.1, 0.15) is 32.3 Å². The van der Waals surface area contributed by atoms with Crippen LogP contribution in [0.3, 0.4) is 0 Å². The highest BCUT2D eigenvalue weighted by Crippen LogP contribution is 2.31. The Morgan fingerprint density at radius 1 is 1.21 bits per heavy atom. The minimum absolute atomic E-state index is 0.441. The van der Waals surface area contributed by atoms with Crippen LogP contribution in [-0.4, -0.2) is 6.47 Å². The van der Waals surface area contributed by atoms with Crippen molar-refractivity contribution in [2.45, 2.75) is 32.3 Å². The summed E-state index contributed by atoms with van der Waals surface area (Å²) in [6.45, 7) is 4.60. The third kappa shape index (κ3) is 1.95. The van der Waals surface area contributed by atoms with E-state index in [1.807, 2.05) is 44.2 Å². The summed E-state index contributed by atoms with van der Waals surface area (Å²) in [6, 6.07) is 9.88. The minimum Gasteiger partial charge on any atom is -0.456 e. The minimum atomic E-state index is -0.441. The lowest BCUT2D eigenvalue weighted by Gasteiger charge is -2.30. The Balaban J connectivity index is 3.03. The molecule has 1 rings (SSSR count). The first-order valence-corrected chi connectivity index (χ1v) is 4.96. The lowest BCUT2D eigenvalue weighted by atomic mass is 9.88. The van der Waals surface area contributed by atoms with Crippen molar-refractivity contribution in [2.75, 3.05) is 0 Å². The summed E-state index contributed by atoms with van der Waals surface area (Å²) >= 11 is 0. The van der Waals surface area contributed by atoms with Gasteiger partial charge in [-0.25, -0.2) is 0 Å². The van der Waals surface area contributed by atoms with E-state index in [0.717, 1.165) is 18.4 Å². The van der Waals surface area contributed by atoms with Crippen molar-refractivity contribution in [2.24, 2.45) is 0 Å². The Labute approximate surface area is 84.9 Å². The van der Waals surface area contributed by atoms with Gasteiger partial charge in [0.25, 0.3) is 6.47 Å². The summed E-state index contributed by atoms with van der Waals surface area (Å²) in [4.78, 5) is 10.5. The molecule has 2 nitrogen and oxygen atoms in total. The lowest BCUT2D eigenvalue weighted by molar-refractivity contribution is -0.145. The van der Waals surface area contributed by atoms with Gasteiger partial charge in [0.15, 0.2) is 0 Å². The Bertz CT molecular complexity index is 276. The molecule has 0 N–H and O–H groups in total. The van der Waals surface area contributed by atoms with E-state index in [2.05, 4.69) is 0 Å². The van der Waals surface area contributed by atoms with Gasteiger partial charge in [0, 0.05) is 0 Å². The van der Waals surface area contributed by atoms with E-state index >= 15 is 0 Å². The molecule has 0 aliphatic carbocycles. The number of carbonyl (C=O) groups is 1. The van der Waals surface area contributed by atoms with Gasteiger partial charge >= 0.3 is 0 Å². The van der Waals surface area contributed by atoms with Crippen molar-refractivity contribution < 1.29 is 9.53 Å². The molecular formula is C12H16O2. The monoisotopic (exact) mass is 192 g/mol. The predicted molar refractivity (Wildman–Crippen MR) is 55.9 cm³/mol. The van der Waals surface area contributed by atoms with Gasteiger partial charge in [0.2, 0.25) is 0 Å². The average molecular weight is 192 g/mol. The second-order valence-electron chi connectivity index (χ2n) is 3.28. The van der Waals surface area contributed by atoms with Crippen molar-refractivity contribution >= 4 is 6.47 Å². The molecule has 1 aromatic carbocycles. The highest BCUT2D eigenvalue weighted by atomic mass is 16.5. The van der Waals surface area contributed by atoms with Crippen LogP contribution < -0.4 is 0 Å². The molecule has 14 heavy (non-hydrogen) atoms. The van der Waals surface area contributed by atoms with Crippen LogP contribution in [0.25, 0.3) is 0 Å². The largest absolute Gasteiger partial charge is 0.456 e. The van der Waals surface area contributed by atoms with Crippen molar-refractivity contribution in [1.29, 1.82) is 0 Å². The molecular weight excluding hydrogens is 176 g/mol. The van der Waals surface area contributed by atoms with Crippen LogP contribution in [0.4, 0.5) is 0 Å². The molecule has 0 atom stereocenters. The zero-order valence-corrected chi connectivity index (χ0v) is 8.69. The number of hydrogen-bond acceptors (Lipinski definition) is 2. The van der Waals surface area contributed by atoms with Crippen LogP contribution in [0, 0.1) is 0 Å². The smallest absolute Gasteiger partial charge is 0.293 e. The quantitative estimate of drug-likeness (QED) is 0.670. The highest BCUT2D eigenvalue weighted by molar-refractivity contribution is 5.40. The summed E-state index contributed by atoms with van der Waals surface area (Å²) in [5.74, 6) is 0. The third-order valence-electron chi connectivity index (χ3n) is 2.72. The van der Waals surface area contributed by atoms with E-state index in [-0.39, 0.29) is 0 Å². The zero-order valence-electron chi connectivity index (χ0n) is 8.69. The Morgan fingerprint density at radius 2 is 1.79 bits per heavy atom. The van der Waals surface area contributed by atoms with E-state index in [9.17, 15) is 4.79 Å². The summed E-state index contributed by atoms with van der Waals surface area (Å²) in [6.07, 6.45) is 1.60. The first kappa shape index (κ1) is 10.8. The zero-order chi connectivity index (χ0) is 10.4. The molecule has 1 aromatic rings. The van der Waals surface area contributed by atoms with Crippen molar-refractivity contribution in [3.05, 3.63) is 35.9 Å². The Hall–Kier alpha value is -1.31. The van der Waals surface area contributed by atoms with Crippen molar-refractivity contribution in [1.82, 2.24) is 0 Å². The van der Waals surface area contributed by atoms with E-state index in [4.69, 9.17) is 4.74 Å². The number of hydrogen-bond donors (Lipinski definition) is 0. The molecule has 0 bridgehead atoms. The van der Waals surface area contributed by atoms with Gasteiger partial charge < -0.3 is 4.74 Å². The molecule has 0 heterocycles. The van der Waals surface area contributed by atoms with E-state index < -0.39 is 5.60 Å². The van der Waals surface area contributed by atoms with Gasteiger partial charge in [-0.2, -0.15) is 0 Å². The molecule has 2 heteroatoms. The molecule has 76 valence electrons. The Kier molecular flexibility index (Phi) is 3.69. The van der Waals surface area contributed by atoms with Crippen molar-refractivity contribution in [3.8, 4) is 0 Å². The summed E-state index contributed by atoms with van der Waals surface area (Å²) in [7, 11) is 0. The first-order valence-electron chi connectivity index (χ1n) is 4.96.